The minimum Gasteiger partial charge on any atom is -0.465 e. The van der Waals surface area contributed by atoms with Gasteiger partial charge in [0.1, 0.15) is 0 Å². The van der Waals surface area contributed by atoms with Crippen LogP contribution in [-0.4, -0.2) is 68.2 Å². The van der Waals surface area contributed by atoms with Crippen LogP contribution in [0.3, 0.4) is 0 Å². The molecule has 1 aliphatic rings. The Balaban J connectivity index is 1.65. The number of anilines is 1. The minimum absolute atomic E-state index is 0.155. The molecule has 0 saturated carbocycles. The molecule has 1 atom stereocenters. The Morgan fingerprint density at radius 2 is 1.42 bits per heavy atom. The van der Waals surface area contributed by atoms with E-state index in [1.54, 1.807) is 4.90 Å². The van der Waals surface area contributed by atoms with Gasteiger partial charge in [-0.1, -0.05) is 30.3 Å². The van der Waals surface area contributed by atoms with Crippen molar-refractivity contribution in [3.05, 3.63) is 65.2 Å². The van der Waals surface area contributed by atoms with Crippen LogP contribution in [0.4, 0.5) is 10.5 Å². The number of piperazine rings is 1. The minimum atomic E-state index is -0.607. The number of esters is 2. The molecule has 0 spiro atoms. The molecule has 1 heterocycles. The number of hydrogen-bond acceptors (Lipinski definition) is 6. The zero-order valence-corrected chi connectivity index (χ0v) is 18.0. The smallest absolute Gasteiger partial charge is 0.337 e. The van der Waals surface area contributed by atoms with Crippen molar-refractivity contribution >= 4 is 23.7 Å². The van der Waals surface area contributed by atoms with Crippen molar-refractivity contribution in [2.75, 3.05) is 45.7 Å². The van der Waals surface area contributed by atoms with E-state index in [9.17, 15) is 14.4 Å². The maximum absolute atomic E-state index is 12.8. The zero-order chi connectivity index (χ0) is 22.4. The van der Waals surface area contributed by atoms with E-state index in [1.807, 2.05) is 18.2 Å². The number of carbonyl (C=O) groups is 3. The van der Waals surface area contributed by atoms with Crippen molar-refractivity contribution in [1.82, 2.24) is 9.80 Å². The summed E-state index contributed by atoms with van der Waals surface area (Å²) >= 11 is 0. The molecule has 0 radical (unpaired) electrons. The van der Waals surface area contributed by atoms with Gasteiger partial charge in [-0.3, -0.25) is 4.90 Å². The van der Waals surface area contributed by atoms with Gasteiger partial charge in [-0.15, -0.1) is 0 Å². The van der Waals surface area contributed by atoms with Gasteiger partial charge in [-0.05, 0) is 30.7 Å². The van der Waals surface area contributed by atoms with Crippen molar-refractivity contribution < 1.29 is 23.9 Å². The molecule has 0 aromatic heterocycles. The summed E-state index contributed by atoms with van der Waals surface area (Å²) in [5.74, 6) is -1.21. The summed E-state index contributed by atoms with van der Waals surface area (Å²) in [6.07, 6.45) is 0. The molecule has 1 aliphatic heterocycles. The number of hydrogen-bond donors (Lipinski definition) is 1. The molecule has 8 heteroatoms. The average Bonchev–Trinajstić information content (AvgIpc) is 2.82. The highest BCUT2D eigenvalue weighted by molar-refractivity contribution is 5.99. The standard InChI is InChI=1S/C23H27N3O5/c1-16(17-7-5-4-6-8-17)25-9-11-26(12-10-25)23(29)24-20-14-18(21(27)30-2)13-19(15-20)22(28)31-3/h4-8,13-16H,9-12H2,1-3H3,(H,24,29). The highest BCUT2D eigenvalue weighted by Gasteiger charge is 2.25. The Morgan fingerprint density at radius 3 is 1.94 bits per heavy atom. The van der Waals surface area contributed by atoms with Crippen molar-refractivity contribution in [3.63, 3.8) is 0 Å². The number of urea groups is 1. The van der Waals surface area contributed by atoms with Gasteiger partial charge in [-0.25, -0.2) is 14.4 Å². The molecule has 3 rings (SSSR count). The fourth-order valence-corrected chi connectivity index (χ4v) is 3.63. The zero-order valence-electron chi connectivity index (χ0n) is 18.0. The number of benzene rings is 2. The van der Waals surface area contributed by atoms with Gasteiger partial charge in [-0.2, -0.15) is 0 Å². The molecule has 1 N–H and O–H groups in total. The summed E-state index contributed by atoms with van der Waals surface area (Å²) in [5, 5.41) is 2.78. The van der Waals surface area contributed by atoms with E-state index in [0.29, 0.717) is 18.8 Å². The van der Waals surface area contributed by atoms with Crippen LogP contribution in [0.5, 0.6) is 0 Å². The number of methoxy groups -OCH3 is 2. The lowest BCUT2D eigenvalue weighted by Gasteiger charge is -2.38. The van der Waals surface area contributed by atoms with Crippen LogP contribution in [0.15, 0.2) is 48.5 Å². The maximum Gasteiger partial charge on any atom is 0.337 e. The van der Waals surface area contributed by atoms with Gasteiger partial charge in [0.15, 0.2) is 0 Å². The first kappa shape index (κ1) is 22.3. The largest absolute Gasteiger partial charge is 0.465 e. The van der Waals surface area contributed by atoms with Crippen molar-refractivity contribution in [3.8, 4) is 0 Å². The molecule has 0 aliphatic carbocycles. The fraction of sp³-hybridized carbons (Fsp3) is 0.348. The SMILES string of the molecule is COC(=O)c1cc(NC(=O)N2CCN(C(C)c3ccccc3)CC2)cc(C(=O)OC)c1. The number of ether oxygens (including phenoxy) is 2. The van der Waals surface area contributed by atoms with E-state index in [4.69, 9.17) is 9.47 Å². The van der Waals surface area contributed by atoms with Gasteiger partial charge < -0.3 is 19.7 Å². The highest BCUT2D eigenvalue weighted by Crippen LogP contribution is 2.22. The predicted octanol–water partition coefficient (Wildman–Crippen LogP) is 3.17. The number of nitrogens with zero attached hydrogens (tertiary/aromatic N) is 2. The van der Waals surface area contributed by atoms with Crippen LogP contribution >= 0.6 is 0 Å². The van der Waals surface area contributed by atoms with Gasteiger partial charge in [0.25, 0.3) is 0 Å². The summed E-state index contributed by atoms with van der Waals surface area (Å²) in [6, 6.07) is 14.6. The molecule has 164 valence electrons. The van der Waals surface area contributed by atoms with Crippen LogP contribution < -0.4 is 5.32 Å². The lowest BCUT2D eigenvalue weighted by atomic mass is 10.1. The van der Waals surface area contributed by atoms with E-state index in [0.717, 1.165) is 13.1 Å². The first-order chi connectivity index (χ1) is 14.9. The van der Waals surface area contributed by atoms with Gasteiger partial charge in [0.05, 0.1) is 25.3 Å². The van der Waals surface area contributed by atoms with Gasteiger partial charge >= 0.3 is 18.0 Å². The molecule has 0 bridgehead atoms. The number of amides is 2. The molecular formula is C23H27N3O5. The monoisotopic (exact) mass is 425 g/mol. The Hall–Kier alpha value is -3.39. The second-order valence-corrected chi connectivity index (χ2v) is 7.32. The van der Waals surface area contributed by atoms with E-state index < -0.39 is 11.9 Å². The fourth-order valence-electron chi connectivity index (χ4n) is 3.63. The van der Waals surface area contributed by atoms with Crippen LogP contribution in [0, 0.1) is 0 Å². The van der Waals surface area contributed by atoms with Crippen molar-refractivity contribution in [2.45, 2.75) is 13.0 Å². The Bertz CT molecular complexity index is 905. The molecule has 2 amide bonds. The van der Waals surface area contributed by atoms with E-state index in [2.05, 4.69) is 29.3 Å². The average molecular weight is 425 g/mol. The quantitative estimate of drug-likeness (QED) is 0.741. The molecule has 2 aromatic rings. The number of nitrogens with one attached hydrogen (secondary N) is 1. The Morgan fingerprint density at radius 1 is 0.871 bits per heavy atom. The van der Waals surface area contributed by atoms with E-state index in [-0.39, 0.29) is 23.2 Å². The second-order valence-electron chi connectivity index (χ2n) is 7.32. The lowest BCUT2D eigenvalue weighted by molar-refractivity contribution is 0.0599. The number of carbonyl (C=O) groups excluding carboxylic acids is 3. The highest BCUT2D eigenvalue weighted by atomic mass is 16.5. The van der Waals surface area contributed by atoms with Crippen LogP contribution in [0.2, 0.25) is 0 Å². The molecular weight excluding hydrogens is 398 g/mol. The van der Waals surface area contributed by atoms with E-state index in [1.165, 1.54) is 38.0 Å². The Kier molecular flexibility index (Phi) is 7.25. The van der Waals surface area contributed by atoms with Crippen molar-refractivity contribution in [1.29, 1.82) is 0 Å². The van der Waals surface area contributed by atoms with E-state index >= 15 is 0 Å². The molecule has 8 nitrogen and oxygen atoms in total. The van der Waals surface area contributed by atoms with Gasteiger partial charge in [0.2, 0.25) is 0 Å². The second kappa shape index (κ2) is 10.1. The molecule has 31 heavy (non-hydrogen) atoms. The predicted molar refractivity (Wildman–Crippen MR) is 116 cm³/mol. The summed E-state index contributed by atoms with van der Waals surface area (Å²) in [6.45, 7) is 4.81. The molecule has 2 aromatic carbocycles. The summed E-state index contributed by atoms with van der Waals surface area (Å²) in [7, 11) is 2.50. The van der Waals surface area contributed by atoms with Crippen LogP contribution in [0.1, 0.15) is 39.2 Å². The normalized spacial score (nSPS) is 15.1. The third kappa shape index (κ3) is 5.40. The first-order valence-electron chi connectivity index (χ1n) is 10.1. The summed E-state index contributed by atoms with van der Waals surface area (Å²) < 4.78 is 9.46. The summed E-state index contributed by atoms with van der Waals surface area (Å²) in [5.41, 5.74) is 1.88. The van der Waals surface area contributed by atoms with Gasteiger partial charge in [0, 0.05) is 37.9 Å². The first-order valence-corrected chi connectivity index (χ1v) is 10.1. The molecule has 1 saturated heterocycles. The van der Waals surface area contributed by atoms with Crippen molar-refractivity contribution in [2.24, 2.45) is 0 Å². The van der Waals surface area contributed by atoms with Crippen LogP contribution in [-0.2, 0) is 9.47 Å². The molecule has 1 unspecified atom stereocenters. The molecule has 1 fully saturated rings. The Labute approximate surface area is 181 Å². The summed E-state index contributed by atoms with van der Waals surface area (Å²) in [4.78, 5) is 40.7. The third-order valence-electron chi connectivity index (χ3n) is 5.46. The van der Waals surface area contributed by atoms with Crippen LogP contribution in [0.25, 0.3) is 0 Å². The third-order valence-corrected chi connectivity index (χ3v) is 5.46. The number of rotatable bonds is 5. The lowest BCUT2D eigenvalue weighted by Crippen LogP contribution is -2.50. The maximum atomic E-state index is 12.8. The topological polar surface area (TPSA) is 88.2 Å².